The maximum Gasteiger partial charge on any atom is 0.777 e. The zero-order chi connectivity index (χ0) is 27.2. The van der Waals surface area contributed by atoms with Crippen LogP contribution in [0.4, 0.5) is 0 Å². The van der Waals surface area contributed by atoms with Crippen molar-refractivity contribution in [2.24, 2.45) is 0 Å². The SMILES string of the molecule is c1cc2c(cc1O[B-](Oc1ccc3c(c1)OCO3)(Oc1ccc3c(c1)OCO3)Oc1ccc3c(c1)OCO3)OCO2. The highest BCUT2D eigenvalue weighted by Crippen LogP contribution is 2.41. The lowest BCUT2D eigenvalue weighted by atomic mass is 10.0. The van der Waals surface area contributed by atoms with Gasteiger partial charge in [-0.3, -0.25) is 0 Å². The molecule has 0 aliphatic carbocycles. The number of hydrogen-bond acceptors (Lipinski definition) is 12. The van der Waals surface area contributed by atoms with Gasteiger partial charge in [0.25, 0.3) is 0 Å². The maximum atomic E-state index is 6.44. The van der Waals surface area contributed by atoms with Gasteiger partial charge in [0.2, 0.25) is 27.2 Å². The monoisotopic (exact) mass is 559 g/mol. The summed E-state index contributed by atoms with van der Waals surface area (Å²) >= 11 is 0. The summed E-state index contributed by atoms with van der Waals surface area (Å²) in [5.74, 6) is 5.66. The molecule has 12 nitrogen and oxygen atoms in total. The van der Waals surface area contributed by atoms with Crippen molar-refractivity contribution in [3.8, 4) is 69.0 Å². The third kappa shape index (κ3) is 4.46. The van der Waals surface area contributed by atoms with Crippen LogP contribution in [0.5, 0.6) is 69.0 Å². The first-order valence-electron chi connectivity index (χ1n) is 12.7. The van der Waals surface area contributed by atoms with Gasteiger partial charge in [0.1, 0.15) is 0 Å². The van der Waals surface area contributed by atoms with E-state index in [-0.39, 0.29) is 27.2 Å². The van der Waals surface area contributed by atoms with Gasteiger partial charge in [0.05, 0.1) is 23.0 Å². The largest absolute Gasteiger partial charge is 0.777 e. The highest BCUT2D eigenvalue weighted by atomic mass is 16.9. The molecule has 4 aromatic carbocycles. The Hall–Kier alpha value is -5.46. The van der Waals surface area contributed by atoms with Gasteiger partial charge in [0, 0.05) is 24.3 Å². The summed E-state index contributed by atoms with van der Waals surface area (Å²) in [5.41, 5.74) is 0. The molecule has 4 aliphatic rings. The predicted octanol–water partition coefficient (Wildman–Crippen LogP) is 4.65. The average Bonchev–Trinajstić information content (AvgIpc) is 3.79. The van der Waals surface area contributed by atoms with E-state index in [0.29, 0.717) is 69.0 Å². The second-order valence-electron chi connectivity index (χ2n) is 9.11. The van der Waals surface area contributed by atoms with Gasteiger partial charge >= 0.3 is 6.96 Å². The van der Waals surface area contributed by atoms with Crippen molar-refractivity contribution >= 4 is 6.96 Å². The second kappa shape index (κ2) is 9.33. The molecule has 4 aromatic rings. The molecule has 0 N–H and O–H groups in total. The van der Waals surface area contributed by atoms with Gasteiger partial charge in [-0.15, -0.1) is 0 Å². The average molecular weight is 559 g/mol. The summed E-state index contributed by atoms with van der Waals surface area (Å²) in [6.45, 7) is -2.75. The summed E-state index contributed by atoms with van der Waals surface area (Å²) in [7, 11) is 0. The summed E-state index contributed by atoms with van der Waals surface area (Å²) in [6, 6.07) is 20.3. The van der Waals surface area contributed by atoms with E-state index in [0.717, 1.165) is 0 Å². The highest BCUT2D eigenvalue weighted by Gasteiger charge is 2.44. The van der Waals surface area contributed by atoms with E-state index in [1.807, 2.05) is 0 Å². The molecule has 0 spiro atoms. The van der Waals surface area contributed by atoms with E-state index in [9.17, 15) is 0 Å². The molecule has 41 heavy (non-hydrogen) atoms. The first-order chi connectivity index (χ1) is 20.2. The maximum absolute atomic E-state index is 6.44. The van der Waals surface area contributed by atoms with Crippen LogP contribution in [-0.2, 0) is 0 Å². The third-order valence-corrected chi connectivity index (χ3v) is 6.50. The van der Waals surface area contributed by atoms with E-state index in [1.54, 1.807) is 72.8 Å². The van der Waals surface area contributed by atoms with Gasteiger partial charge in [-0.05, 0) is 48.5 Å². The molecule has 0 unspecified atom stereocenters. The van der Waals surface area contributed by atoms with E-state index in [4.69, 9.17) is 56.5 Å². The van der Waals surface area contributed by atoms with Crippen molar-refractivity contribution in [1.29, 1.82) is 0 Å². The van der Waals surface area contributed by atoms with Crippen LogP contribution in [-0.4, -0.2) is 34.1 Å². The van der Waals surface area contributed by atoms with E-state index < -0.39 is 6.96 Å². The van der Waals surface area contributed by atoms with Crippen molar-refractivity contribution in [1.82, 2.24) is 0 Å². The van der Waals surface area contributed by atoms with Crippen molar-refractivity contribution in [2.75, 3.05) is 27.2 Å². The number of hydrogen-bond donors (Lipinski definition) is 0. The van der Waals surface area contributed by atoms with E-state index in [1.165, 1.54) is 0 Å². The summed E-state index contributed by atoms with van der Waals surface area (Å²) in [6.07, 6.45) is 0. The Bertz CT molecular complexity index is 1400. The van der Waals surface area contributed by atoms with Gasteiger partial charge in [0.15, 0.2) is 46.0 Å². The molecule has 208 valence electrons. The molecule has 0 bridgehead atoms. The summed E-state index contributed by atoms with van der Waals surface area (Å²) in [5, 5.41) is 0. The standard InChI is InChI=1S/C28H20BO12/c1-5-21-25(34-13-30-21)9-17(1)38-29(39-18-2-6-22-26(10-18)35-14-31-22,40-19-3-7-23-27(11-19)36-15-32-23)41-20-4-8-24-28(12-20)37-16-33-24/h1-12H,13-16H2/q-1. The minimum atomic E-state index is -3.16. The van der Waals surface area contributed by atoms with Crippen LogP contribution in [0.1, 0.15) is 0 Å². The Balaban J connectivity index is 1.22. The van der Waals surface area contributed by atoms with Crippen molar-refractivity contribution < 1.29 is 56.5 Å². The lowest BCUT2D eigenvalue weighted by Crippen LogP contribution is -2.60. The number of fused-ring (bicyclic) bond motifs is 4. The summed E-state index contributed by atoms with van der Waals surface area (Å²) < 4.78 is 69.8. The van der Waals surface area contributed by atoms with Crippen LogP contribution < -0.4 is 56.5 Å². The molecule has 0 fully saturated rings. The fraction of sp³-hybridized carbons (Fsp3) is 0.143. The van der Waals surface area contributed by atoms with Crippen LogP contribution in [0.25, 0.3) is 0 Å². The smallest absolute Gasteiger partial charge is 0.611 e. The topological polar surface area (TPSA) is 111 Å². The van der Waals surface area contributed by atoms with E-state index >= 15 is 0 Å². The number of ether oxygens (including phenoxy) is 8. The quantitative estimate of drug-likeness (QED) is 0.280. The van der Waals surface area contributed by atoms with Gasteiger partial charge in [-0.25, -0.2) is 0 Å². The van der Waals surface area contributed by atoms with Gasteiger partial charge < -0.3 is 56.5 Å². The Morgan fingerprint density at radius 2 is 0.585 bits per heavy atom. The molecule has 0 aromatic heterocycles. The van der Waals surface area contributed by atoms with Crippen LogP contribution in [0.3, 0.4) is 0 Å². The zero-order valence-electron chi connectivity index (χ0n) is 21.2. The normalized spacial score (nSPS) is 15.0. The second-order valence-corrected chi connectivity index (χ2v) is 9.11. The number of benzene rings is 4. The Morgan fingerprint density at radius 3 is 0.854 bits per heavy atom. The highest BCUT2D eigenvalue weighted by molar-refractivity contribution is 6.57. The number of rotatable bonds is 8. The zero-order valence-corrected chi connectivity index (χ0v) is 21.2. The first-order valence-corrected chi connectivity index (χ1v) is 12.7. The Kier molecular flexibility index (Phi) is 5.33. The molecule has 8 rings (SSSR count). The predicted molar refractivity (Wildman–Crippen MR) is 139 cm³/mol. The van der Waals surface area contributed by atoms with Crippen LogP contribution in [0.15, 0.2) is 72.8 Å². The van der Waals surface area contributed by atoms with Gasteiger partial charge in [-0.1, -0.05) is 0 Å². The van der Waals surface area contributed by atoms with Crippen LogP contribution in [0, 0.1) is 0 Å². The molecule has 4 aliphatic heterocycles. The van der Waals surface area contributed by atoms with E-state index in [2.05, 4.69) is 0 Å². The minimum Gasteiger partial charge on any atom is -0.611 e. The Morgan fingerprint density at radius 1 is 0.341 bits per heavy atom. The Labute approximate surface area is 232 Å². The molecule has 13 heteroatoms. The third-order valence-electron chi connectivity index (χ3n) is 6.50. The molecular formula is C28H20BO12-. The lowest BCUT2D eigenvalue weighted by molar-refractivity contribution is 0.159. The van der Waals surface area contributed by atoms with Gasteiger partial charge in [-0.2, -0.15) is 0 Å². The first kappa shape index (κ1) is 23.4. The molecule has 0 radical (unpaired) electrons. The fourth-order valence-electron chi connectivity index (χ4n) is 4.61. The molecule has 0 saturated heterocycles. The van der Waals surface area contributed by atoms with Crippen LogP contribution in [0.2, 0.25) is 0 Å². The summed E-state index contributed by atoms with van der Waals surface area (Å²) in [4.78, 5) is 0. The fourth-order valence-corrected chi connectivity index (χ4v) is 4.61. The molecule has 0 atom stereocenters. The lowest BCUT2D eigenvalue weighted by Gasteiger charge is -2.41. The molecule has 0 saturated carbocycles. The molecular weight excluding hydrogens is 539 g/mol. The van der Waals surface area contributed by atoms with Crippen LogP contribution >= 0.6 is 0 Å². The van der Waals surface area contributed by atoms with Crippen molar-refractivity contribution in [2.45, 2.75) is 0 Å². The van der Waals surface area contributed by atoms with Crippen molar-refractivity contribution in [3.63, 3.8) is 0 Å². The van der Waals surface area contributed by atoms with Crippen molar-refractivity contribution in [3.05, 3.63) is 72.8 Å². The molecule has 4 heterocycles. The minimum absolute atomic E-state index is 0.101. The molecule has 0 amide bonds.